The average molecular weight is 392 g/mol. The molecular formula is C19H24N2O5S. The summed E-state index contributed by atoms with van der Waals surface area (Å²) in [5, 5.41) is 5.13. The molecule has 1 saturated heterocycles. The van der Waals surface area contributed by atoms with Gasteiger partial charge in [-0.3, -0.25) is 9.69 Å². The van der Waals surface area contributed by atoms with Crippen molar-refractivity contribution in [2.24, 2.45) is 0 Å². The van der Waals surface area contributed by atoms with Gasteiger partial charge in [0.15, 0.2) is 0 Å². The van der Waals surface area contributed by atoms with Gasteiger partial charge < -0.3 is 19.2 Å². The van der Waals surface area contributed by atoms with E-state index in [9.17, 15) is 9.59 Å². The maximum Gasteiger partial charge on any atom is 0.341 e. The van der Waals surface area contributed by atoms with Crippen LogP contribution in [-0.2, 0) is 14.3 Å². The first-order valence-electron chi connectivity index (χ1n) is 8.98. The van der Waals surface area contributed by atoms with Crippen molar-refractivity contribution in [1.29, 1.82) is 0 Å². The fourth-order valence-electron chi connectivity index (χ4n) is 3.25. The highest BCUT2D eigenvalue weighted by Crippen LogP contribution is 2.36. The molecule has 8 heteroatoms. The number of amides is 1. The van der Waals surface area contributed by atoms with Crippen LogP contribution in [0.25, 0.3) is 11.3 Å². The zero-order valence-electron chi connectivity index (χ0n) is 15.7. The van der Waals surface area contributed by atoms with E-state index in [1.54, 1.807) is 30.7 Å². The van der Waals surface area contributed by atoms with Gasteiger partial charge in [0.25, 0.3) is 0 Å². The number of hydrogen-bond donors (Lipinski definition) is 1. The van der Waals surface area contributed by atoms with Crippen LogP contribution in [0.2, 0.25) is 0 Å². The smallest absolute Gasteiger partial charge is 0.341 e. The van der Waals surface area contributed by atoms with E-state index in [1.807, 2.05) is 13.8 Å². The number of furan rings is 1. The van der Waals surface area contributed by atoms with Gasteiger partial charge in [0, 0.05) is 24.0 Å². The van der Waals surface area contributed by atoms with Crippen molar-refractivity contribution in [3.63, 3.8) is 0 Å². The van der Waals surface area contributed by atoms with Crippen LogP contribution in [0.4, 0.5) is 5.00 Å². The van der Waals surface area contributed by atoms with Crippen LogP contribution in [0.15, 0.2) is 28.2 Å². The fraction of sp³-hybridized carbons (Fsp3) is 0.474. The molecule has 2 atom stereocenters. The molecule has 0 aliphatic carbocycles. The number of hydrogen-bond acceptors (Lipinski definition) is 7. The third-order valence-corrected chi connectivity index (χ3v) is 5.07. The molecule has 1 amide bonds. The highest BCUT2D eigenvalue weighted by atomic mass is 32.1. The molecule has 2 aromatic heterocycles. The van der Waals surface area contributed by atoms with Crippen LogP contribution in [0.3, 0.4) is 0 Å². The van der Waals surface area contributed by atoms with Gasteiger partial charge in [-0.15, -0.1) is 11.3 Å². The zero-order valence-corrected chi connectivity index (χ0v) is 16.5. The summed E-state index contributed by atoms with van der Waals surface area (Å²) in [6.45, 7) is 7.63. The Labute approximate surface area is 162 Å². The Morgan fingerprint density at radius 2 is 2.07 bits per heavy atom. The van der Waals surface area contributed by atoms with E-state index in [2.05, 4.69) is 10.2 Å². The SMILES string of the molecule is CCOC(=O)c1c(-c2ccco2)csc1NC(=O)CN1C[C@@H](C)O[C@H](C)C1. The zero-order chi connectivity index (χ0) is 19.4. The van der Waals surface area contributed by atoms with Crippen molar-refractivity contribution in [3.8, 4) is 11.3 Å². The van der Waals surface area contributed by atoms with E-state index >= 15 is 0 Å². The van der Waals surface area contributed by atoms with Crippen molar-refractivity contribution in [2.45, 2.75) is 33.0 Å². The van der Waals surface area contributed by atoms with E-state index in [-0.39, 0.29) is 31.3 Å². The first-order chi connectivity index (χ1) is 13.0. The summed E-state index contributed by atoms with van der Waals surface area (Å²) < 4.78 is 16.3. The number of rotatable bonds is 6. The molecule has 1 aliphatic rings. The predicted octanol–water partition coefficient (Wildman–Crippen LogP) is 3.23. The summed E-state index contributed by atoms with van der Waals surface area (Å²) in [6.07, 6.45) is 1.72. The first-order valence-corrected chi connectivity index (χ1v) is 9.86. The second-order valence-electron chi connectivity index (χ2n) is 6.55. The van der Waals surface area contributed by atoms with Gasteiger partial charge in [0.2, 0.25) is 5.91 Å². The summed E-state index contributed by atoms with van der Waals surface area (Å²) in [6, 6.07) is 3.52. The Kier molecular flexibility index (Phi) is 6.30. The Hall–Kier alpha value is -2.16. The van der Waals surface area contributed by atoms with Crippen LogP contribution in [0.5, 0.6) is 0 Å². The molecule has 3 rings (SSSR count). The predicted molar refractivity (Wildman–Crippen MR) is 103 cm³/mol. The number of carbonyl (C=O) groups excluding carboxylic acids is 2. The summed E-state index contributed by atoms with van der Waals surface area (Å²) in [5.41, 5.74) is 0.946. The normalized spacial score (nSPS) is 20.4. The van der Waals surface area contributed by atoms with Crippen LogP contribution < -0.4 is 5.32 Å². The quantitative estimate of drug-likeness (QED) is 0.760. The molecule has 0 unspecified atom stereocenters. The van der Waals surface area contributed by atoms with Gasteiger partial charge in [-0.25, -0.2) is 4.79 Å². The fourth-order valence-corrected chi connectivity index (χ4v) is 4.21. The minimum atomic E-state index is -0.478. The van der Waals surface area contributed by atoms with Gasteiger partial charge in [0.05, 0.1) is 31.6 Å². The first kappa shape index (κ1) is 19.6. The van der Waals surface area contributed by atoms with Crippen LogP contribution >= 0.6 is 11.3 Å². The van der Waals surface area contributed by atoms with Crippen LogP contribution in [0, 0.1) is 0 Å². The number of ether oxygens (including phenoxy) is 2. The Bertz CT molecular complexity index is 776. The largest absolute Gasteiger partial charge is 0.464 e. The molecule has 27 heavy (non-hydrogen) atoms. The molecule has 0 spiro atoms. The Balaban J connectivity index is 1.76. The second-order valence-corrected chi connectivity index (χ2v) is 7.43. The van der Waals surface area contributed by atoms with Gasteiger partial charge in [-0.2, -0.15) is 0 Å². The molecule has 0 aromatic carbocycles. The molecule has 0 saturated carbocycles. The van der Waals surface area contributed by atoms with Gasteiger partial charge in [-0.05, 0) is 32.9 Å². The van der Waals surface area contributed by atoms with Crippen molar-refractivity contribution in [2.75, 3.05) is 31.6 Å². The maximum atomic E-state index is 12.6. The molecule has 1 fully saturated rings. The molecule has 1 aliphatic heterocycles. The van der Waals surface area contributed by atoms with E-state index < -0.39 is 5.97 Å². The van der Waals surface area contributed by atoms with Crippen molar-refractivity contribution >= 4 is 28.2 Å². The van der Waals surface area contributed by atoms with E-state index in [0.29, 0.717) is 35.0 Å². The monoisotopic (exact) mass is 392 g/mol. The molecule has 0 bridgehead atoms. The van der Waals surface area contributed by atoms with Crippen LogP contribution in [-0.4, -0.2) is 55.2 Å². The lowest BCUT2D eigenvalue weighted by molar-refractivity contribution is -0.121. The minimum Gasteiger partial charge on any atom is -0.464 e. The lowest BCUT2D eigenvalue weighted by Gasteiger charge is -2.34. The second kappa shape index (κ2) is 8.69. The van der Waals surface area contributed by atoms with Crippen molar-refractivity contribution < 1.29 is 23.5 Å². The lowest BCUT2D eigenvalue weighted by Crippen LogP contribution is -2.48. The topological polar surface area (TPSA) is 81.0 Å². The highest BCUT2D eigenvalue weighted by molar-refractivity contribution is 7.15. The molecular weight excluding hydrogens is 368 g/mol. The third kappa shape index (κ3) is 4.77. The molecule has 0 radical (unpaired) electrons. The molecule has 3 heterocycles. The molecule has 7 nitrogen and oxygen atoms in total. The molecule has 1 N–H and O–H groups in total. The van der Waals surface area contributed by atoms with E-state index in [0.717, 1.165) is 0 Å². The van der Waals surface area contributed by atoms with E-state index in [1.165, 1.54) is 11.3 Å². The summed E-state index contributed by atoms with van der Waals surface area (Å²) >= 11 is 1.28. The third-order valence-electron chi connectivity index (χ3n) is 4.17. The molecule has 146 valence electrons. The maximum absolute atomic E-state index is 12.6. The summed E-state index contributed by atoms with van der Waals surface area (Å²) in [7, 11) is 0. The standard InChI is InChI=1S/C19H24N2O5S/c1-4-24-19(23)17-14(15-6-5-7-25-15)11-27-18(17)20-16(22)10-21-8-12(2)26-13(3)9-21/h5-7,11-13H,4,8-10H2,1-3H3,(H,20,22)/t12-,13-/m1/s1. The Morgan fingerprint density at radius 3 is 2.70 bits per heavy atom. The number of morpholine rings is 1. The summed E-state index contributed by atoms with van der Waals surface area (Å²) in [4.78, 5) is 27.1. The van der Waals surface area contributed by atoms with Gasteiger partial charge in [-0.1, -0.05) is 0 Å². The number of carbonyl (C=O) groups is 2. The minimum absolute atomic E-state index is 0.0870. The van der Waals surface area contributed by atoms with Gasteiger partial charge >= 0.3 is 5.97 Å². The average Bonchev–Trinajstić information content (AvgIpc) is 3.23. The summed E-state index contributed by atoms with van der Waals surface area (Å²) in [5.74, 6) is -0.0885. The number of thiophene rings is 1. The molecule has 2 aromatic rings. The number of esters is 1. The van der Waals surface area contributed by atoms with Crippen LogP contribution in [0.1, 0.15) is 31.1 Å². The number of nitrogens with zero attached hydrogens (tertiary/aromatic N) is 1. The highest BCUT2D eigenvalue weighted by Gasteiger charge is 2.26. The van der Waals surface area contributed by atoms with Crippen molar-refractivity contribution in [1.82, 2.24) is 4.90 Å². The van der Waals surface area contributed by atoms with E-state index in [4.69, 9.17) is 13.9 Å². The number of nitrogens with one attached hydrogen (secondary N) is 1. The van der Waals surface area contributed by atoms with Gasteiger partial charge in [0.1, 0.15) is 16.3 Å². The lowest BCUT2D eigenvalue weighted by atomic mass is 10.1. The Morgan fingerprint density at radius 1 is 1.33 bits per heavy atom. The van der Waals surface area contributed by atoms with Crippen molar-refractivity contribution in [3.05, 3.63) is 29.3 Å². The number of anilines is 1.